The smallest absolute Gasteiger partial charge is 0.311 e. The normalized spacial score (nSPS) is 15.9. The number of nitro groups is 1. The molecule has 7 nitrogen and oxygen atoms in total. The van der Waals surface area contributed by atoms with Gasteiger partial charge < -0.3 is 14.8 Å². The molecular formula is C17H24N2O5. The first-order valence-corrected chi connectivity index (χ1v) is 8.34. The highest BCUT2D eigenvalue weighted by Crippen LogP contribution is 2.30. The SMILES string of the molecule is COc1cc(OCC(=O)NC2CCCCCCC2)ccc1[N+](=O)[O-]. The average Bonchev–Trinajstić information content (AvgIpc) is 2.54. The van der Waals surface area contributed by atoms with Crippen LogP contribution in [0.2, 0.25) is 0 Å². The van der Waals surface area contributed by atoms with Gasteiger partial charge in [0.05, 0.1) is 12.0 Å². The van der Waals surface area contributed by atoms with Gasteiger partial charge >= 0.3 is 5.69 Å². The number of amides is 1. The molecule has 1 aromatic carbocycles. The monoisotopic (exact) mass is 336 g/mol. The highest BCUT2D eigenvalue weighted by atomic mass is 16.6. The average molecular weight is 336 g/mol. The minimum absolute atomic E-state index is 0.109. The number of benzene rings is 1. The molecule has 2 rings (SSSR count). The minimum Gasteiger partial charge on any atom is -0.490 e. The number of rotatable bonds is 6. The topological polar surface area (TPSA) is 90.7 Å². The number of nitrogens with one attached hydrogen (secondary N) is 1. The van der Waals surface area contributed by atoms with E-state index in [1.807, 2.05) is 0 Å². The fraction of sp³-hybridized carbons (Fsp3) is 0.588. The Morgan fingerprint density at radius 2 is 1.92 bits per heavy atom. The third-order valence-corrected chi connectivity index (χ3v) is 4.19. The fourth-order valence-corrected chi connectivity index (χ4v) is 2.92. The molecule has 1 fully saturated rings. The van der Waals surface area contributed by atoms with Crippen molar-refractivity contribution in [2.75, 3.05) is 13.7 Å². The van der Waals surface area contributed by atoms with Crippen LogP contribution in [0, 0.1) is 10.1 Å². The van der Waals surface area contributed by atoms with Crippen LogP contribution in [-0.2, 0) is 4.79 Å². The summed E-state index contributed by atoms with van der Waals surface area (Å²) in [4.78, 5) is 22.4. The lowest BCUT2D eigenvalue weighted by molar-refractivity contribution is -0.385. The van der Waals surface area contributed by atoms with E-state index in [0.717, 1.165) is 25.7 Å². The largest absolute Gasteiger partial charge is 0.490 e. The predicted octanol–water partition coefficient (Wildman–Crippen LogP) is 3.21. The van der Waals surface area contributed by atoms with Crippen molar-refractivity contribution in [2.24, 2.45) is 0 Å². The molecule has 0 aromatic heterocycles. The molecule has 1 N–H and O–H groups in total. The maximum atomic E-state index is 12.0. The zero-order valence-electron chi connectivity index (χ0n) is 14.0. The quantitative estimate of drug-likeness (QED) is 0.636. The van der Waals surface area contributed by atoms with Gasteiger partial charge in [-0.15, -0.1) is 0 Å². The zero-order valence-corrected chi connectivity index (χ0v) is 14.0. The summed E-state index contributed by atoms with van der Waals surface area (Å²) in [7, 11) is 1.35. The molecule has 0 radical (unpaired) electrons. The van der Waals surface area contributed by atoms with E-state index in [1.54, 1.807) is 0 Å². The van der Waals surface area contributed by atoms with E-state index >= 15 is 0 Å². The summed E-state index contributed by atoms with van der Waals surface area (Å²) in [6.07, 6.45) is 8.05. The van der Waals surface area contributed by atoms with E-state index in [1.165, 1.54) is 44.6 Å². The van der Waals surface area contributed by atoms with Gasteiger partial charge in [0.25, 0.3) is 5.91 Å². The Labute approximate surface area is 141 Å². The Kier molecular flexibility index (Phi) is 6.84. The van der Waals surface area contributed by atoms with Gasteiger partial charge in [-0.3, -0.25) is 14.9 Å². The molecule has 0 bridgehead atoms. The maximum Gasteiger partial charge on any atom is 0.311 e. The summed E-state index contributed by atoms with van der Waals surface area (Å²) in [5.41, 5.74) is -0.135. The van der Waals surface area contributed by atoms with Crippen molar-refractivity contribution in [3.8, 4) is 11.5 Å². The Morgan fingerprint density at radius 1 is 1.25 bits per heavy atom. The Balaban J connectivity index is 1.85. The van der Waals surface area contributed by atoms with Crippen LogP contribution < -0.4 is 14.8 Å². The van der Waals surface area contributed by atoms with Crippen molar-refractivity contribution in [2.45, 2.75) is 51.0 Å². The number of carbonyl (C=O) groups excluding carboxylic acids is 1. The molecule has 0 atom stereocenters. The molecular weight excluding hydrogens is 312 g/mol. The van der Waals surface area contributed by atoms with Gasteiger partial charge in [-0.25, -0.2) is 0 Å². The fourth-order valence-electron chi connectivity index (χ4n) is 2.92. The van der Waals surface area contributed by atoms with Gasteiger partial charge in [0.2, 0.25) is 5.75 Å². The highest BCUT2D eigenvalue weighted by molar-refractivity contribution is 5.77. The van der Waals surface area contributed by atoms with Crippen LogP contribution in [0.25, 0.3) is 0 Å². The molecule has 0 aliphatic heterocycles. The molecule has 1 saturated carbocycles. The number of nitro benzene ring substituents is 1. The van der Waals surface area contributed by atoms with Crippen molar-refractivity contribution in [3.63, 3.8) is 0 Å². The highest BCUT2D eigenvalue weighted by Gasteiger charge is 2.17. The summed E-state index contributed by atoms with van der Waals surface area (Å²) < 4.78 is 10.4. The molecule has 0 spiro atoms. The Bertz CT molecular complexity index is 568. The second kappa shape index (κ2) is 9.10. The first-order chi connectivity index (χ1) is 11.6. The molecule has 0 saturated heterocycles. The van der Waals surface area contributed by atoms with Crippen LogP contribution in [0.5, 0.6) is 11.5 Å². The Morgan fingerprint density at radius 3 is 2.54 bits per heavy atom. The van der Waals surface area contributed by atoms with Gasteiger partial charge in [0.1, 0.15) is 5.75 Å². The van der Waals surface area contributed by atoms with Crippen molar-refractivity contribution in [1.82, 2.24) is 5.32 Å². The van der Waals surface area contributed by atoms with E-state index < -0.39 is 4.92 Å². The third kappa shape index (κ3) is 5.40. The van der Waals surface area contributed by atoms with E-state index in [2.05, 4.69) is 5.32 Å². The standard InChI is InChI=1S/C17H24N2O5/c1-23-16-11-14(9-10-15(16)19(21)22)24-12-17(20)18-13-7-5-3-2-4-6-8-13/h9-11,13H,2-8,12H2,1H3,(H,18,20). The van der Waals surface area contributed by atoms with E-state index in [4.69, 9.17) is 9.47 Å². The molecule has 1 aliphatic carbocycles. The molecule has 1 aromatic rings. The van der Waals surface area contributed by atoms with Crippen LogP contribution in [0.4, 0.5) is 5.69 Å². The van der Waals surface area contributed by atoms with Gasteiger partial charge in [0, 0.05) is 18.2 Å². The van der Waals surface area contributed by atoms with E-state index in [-0.39, 0.29) is 30.0 Å². The lowest BCUT2D eigenvalue weighted by Crippen LogP contribution is -2.38. The molecule has 0 heterocycles. The first-order valence-electron chi connectivity index (χ1n) is 8.34. The van der Waals surface area contributed by atoms with E-state index in [9.17, 15) is 14.9 Å². The second-order valence-electron chi connectivity index (χ2n) is 5.99. The lowest BCUT2D eigenvalue weighted by Gasteiger charge is -2.21. The molecule has 1 aliphatic rings. The maximum absolute atomic E-state index is 12.0. The summed E-state index contributed by atoms with van der Waals surface area (Å²) >= 11 is 0. The van der Waals surface area contributed by atoms with Gasteiger partial charge in [-0.1, -0.05) is 32.1 Å². The molecule has 0 unspecified atom stereocenters. The summed E-state index contributed by atoms with van der Waals surface area (Å²) in [6.45, 7) is -0.114. The Hall–Kier alpha value is -2.31. The van der Waals surface area contributed by atoms with Crippen molar-refractivity contribution in [1.29, 1.82) is 0 Å². The van der Waals surface area contributed by atoms with Crippen LogP contribution in [0.15, 0.2) is 18.2 Å². The lowest BCUT2D eigenvalue weighted by atomic mass is 9.97. The van der Waals surface area contributed by atoms with Gasteiger partial charge in [-0.2, -0.15) is 0 Å². The summed E-state index contributed by atoms with van der Waals surface area (Å²) in [5, 5.41) is 13.9. The van der Waals surface area contributed by atoms with Crippen LogP contribution in [-0.4, -0.2) is 30.6 Å². The number of methoxy groups -OCH3 is 1. The predicted molar refractivity (Wildman–Crippen MR) is 89.4 cm³/mol. The van der Waals surface area contributed by atoms with Crippen LogP contribution >= 0.6 is 0 Å². The first kappa shape index (κ1) is 18.0. The van der Waals surface area contributed by atoms with Gasteiger partial charge in [0.15, 0.2) is 6.61 Å². The third-order valence-electron chi connectivity index (χ3n) is 4.19. The number of carbonyl (C=O) groups is 1. The summed E-state index contributed by atoms with van der Waals surface area (Å²) in [5.74, 6) is 0.307. The zero-order chi connectivity index (χ0) is 17.4. The van der Waals surface area contributed by atoms with Crippen molar-refractivity contribution in [3.05, 3.63) is 28.3 Å². The number of nitrogens with zero attached hydrogens (tertiary/aromatic N) is 1. The molecule has 132 valence electrons. The van der Waals surface area contributed by atoms with Crippen LogP contribution in [0.3, 0.4) is 0 Å². The summed E-state index contributed by atoms with van der Waals surface area (Å²) in [6, 6.07) is 4.40. The van der Waals surface area contributed by atoms with E-state index in [0.29, 0.717) is 5.75 Å². The van der Waals surface area contributed by atoms with Crippen molar-refractivity contribution < 1.29 is 19.2 Å². The number of ether oxygens (including phenoxy) is 2. The van der Waals surface area contributed by atoms with Crippen molar-refractivity contribution >= 4 is 11.6 Å². The van der Waals surface area contributed by atoms with Crippen LogP contribution in [0.1, 0.15) is 44.9 Å². The number of hydrogen-bond donors (Lipinski definition) is 1. The molecule has 1 amide bonds. The molecule has 24 heavy (non-hydrogen) atoms. The number of hydrogen-bond acceptors (Lipinski definition) is 5. The molecule has 7 heteroatoms. The second-order valence-corrected chi connectivity index (χ2v) is 5.99. The minimum atomic E-state index is -0.524. The van der Waals surface area contributed by atoms with Gasteiger partial charge in [-0.05, 0) is 18.9 Å².